The van der Waals surface area contributed by atoms with Crippen LogP contribution in [0.3, 0.4) is 0 Å². The smallest absolute Gasteiger partial charge is 0.278 e. The van der Waals surface area contributed by atoms with E-state index in [-0.39, 0.29) is 23.5 Å². The van der Waals surface area contributed by atoms with Crippen LogP contribution in [0.15, 0.2) is 48.2 Å². The Morgan fingerprint density at radius 3 is 2.28 bits per heavy atom. The van der Waals surface area contributed by atoms with Crippen molar-refractivity contribution in [2.24, 2.45) is 0 Å². The van der Waals surface area contributed by atoms with E-state index in [2.05, 4.69) is 5.32 Å². The minimum absolute atomic E-state index is 0.0779. The Hall–Kier alpha value is -3.88. The Bertz CT molecular complexity index is 1010. The van der Waals surface area contributed by atoms with Gasteiger partial charge in [0.2, 0.25) is 0 Å². The fourth-order valence-electron chi connectivity index (χ4n) is 3.03. The number of hydrogen-bond donors (Lipinski definition) is 1. The predicted molar refractivity (Wildman–Crippen MR) is 106 cm³/mol. The lowest BCUT2D eigenvalue weighted by molar-refractivity contribution is -0.384. The van der Waals surface area contributed by atoms with E-state index in [1.54, 1.807) is 25.1 Å². The van der Waals surface area contributed by atoms with Crippen LogP contribution in [0.25, 0.3) is 5.57 Å². The maximum atomic E-state index is 12.8. The molecule has 9 heteroatoms. The van der Waals surface area contributed by atoms with Gasteiger partial charge in [0, 0.05) is 24.7 Å². The molecular weight excluding hydrogens is 378 g/mol. The third-order valence-electron chi connectivity index (χ3n) is 4.52. The first-order valence-corrected chi connectivity index (χ1v) is 8.75. The molecule has 0 aliphatic carbocycles. The van der Waals surface area contributed by atoms with Crippen molar-refractivity contribution in [3.8, 4) is 11.5 Å². The molecule has 3 rings (SSSR count). The zero-order valence-corrected chi connectivity index (χ0v) is 16.1. The van der Waals surface area contributed by atoms with E-state index < -0.39 is 16.7 Å². The number of rotatable bonds is 7. The normalized spacial score (nSPS) is 13.7. The van der Waals surface area contributed by atoms with Crippen molar-refractivity contribution in [1.82, 2.24) is 4.90 Å². The van der Waals surface area contributed by atoms with Gasteiger partial charge in [0.05, 0.1) is 30.4 Å². The molecule has 2 aromatic rings. The molecule has 1 aliphatic rings. The summed E-state index contributed by atoms with van der Waals surface area (Å²) in [4.78, 5) is 37.2. The molecule has 9 nitrogen and oxygen atoms in total. The Labute approximate surface area is 166 Å². The highest BCUT2D eigenvalue weighted by Crippen LogP contribution is 2.35. The molecule has 150 valence electrons. The third kappa shape index (κ3) is 3.62. The number of ether oxygens (including phenoxy) is 2. The summed E-state index contributed by atoms with van der Waals surface area (Å²) in [5.41, 5.74) is 0.991. The zero-order chi connectivity index (χ0) is 21.1. The number of hydrogen-bond acceptors (Lipinski definition) is 7. The lowest BCUT2D eigenvalue weighted by Crippen LogP contribution is -2.32. The number of benzene rings is 2. The topological polar surface area (TPSA) is 111 Å². The quantitative estimate of drug-likeness (QED) is 0.434. The average Bonchev–Trinajstić information content (AvgIpc) is 2.97. The summed E-state index contributed by atoms with van der Waals surface area (Å²) in [7, 11) is 3.00. The molecule has 0 saturated heterocycles. The maximum Gasteiger partial charge on any atom is 0.278 e. The van der Waals surface area contributed by atoms with Gasteiger partial charge >= 0.3 is 0 Å². The molecular formula is C20H19N3O6. The van der Waals surface area contributed by atoms with Crippen LogP contribution in [0.4, 0.5) is 11.4 Å². The van der Waals surface area contributed by atoms with Crippen LogP contribution < -0.4 is 14.8 Å². The van der Waals surface area contributed by atoms with Gasteiger partial charge in [-0.3, -0.25) is 24.6 Å². The summed E-state index contributed by atoms with van der Waals surface area (Å²) >= 11 is 0. The first-order valence-electron chi connectivity index (χ1n) is 8.75. The molecule has 0 aromatic heterocycles. The molecule has 0 radical (unpaired) electrons. The number of methoxy groups -OCH3 is 2. The van der Waals surface area contributed by atoms with Gasteiger partial charge in [-0.05, 0) is 36.8 Å². The summed E-state index contributed by atoms with van der Waals surface area (Å²) < 4.78 is 10.5. The molecule has 0 saturated carbocycles. The van der Waals surface area contributed by atoms with Crippen LogP contribution in [0.2, 0.25) is 0 Å². The minimum atomic E-state index is -0.528. The Balaban J connectivity index is 2.09. The molecule has 0 spiro atoms. The Kier molecular flexibility index (Phi) is 5.49. The lowest BCUT2D eigenvalue weighted by atomic mass is 10.0. The van der Waals surface area contributed by atoms with E-state index in [1.165, 1.54) is 38.5 Å². The lowest BCUT2D eigenvalue weighted by Gasteiger charge is -2.14. The van der Waals surface area contributed by atoms with Gasteiger partial charge in [0.15, 0.2) is 0 Å². The molecule has 29 heavy (non-hydrogen) atoms. The monoisotopic (exact) mass is 397 g/mol. The first-order chi connectivity index (χ1) is 13.9. The molecule has 1 heterocycles. The third-order valence-corrected chi connectivity index (χ3v) is 4.52. The van der Waals surface area contributed by atoms with Gasteiger partial charge in [0.25, 0.3) is 17.5 Å². The van der Waals surface area contributed by atoms with Gasteiger partial charge in [0.1, 0.15) is 17.2 Å². The molecule has 2 aromatic carbocycles. The number of nitro benzene ring substituents is 1. The van der Waals surface area contributed by atoms with Gasteiger partial charge in [-0.15, -0.1) is 0 Å². The van der Waals surface area contributed by atoms with Crippen LogP contribution >= 0.6 is 0 Å². The van der Waals surface area contributed by atoms with Gasteiger partial charge in [-0.2, -0.15) is 0 Å². The first kappa shape index (κ1) is 19.9. The van der Waals surface area contributed by atoms with Crippen LogP contribution in [0.5, 0.6) is 11.5 Å². The van der Waals surface area contributed by atoms with Gasteiger partial charge in [-0.1, -0.05) is 0 Å². The SMILES string of the molecule is CCN1C(=O)C(Nc2ccc(OC)cc2OC)=C(c2ccc([N+](=O)[O-])cc2)C1=O. The number of nitrogens with zero attached hydrogens (tertiary/aromatic N) is 2. The van der Waals surface area contributed by atoms with Crippen molar-refractivity contribution in [3.05, 3.63) is 63.8 Å². The second-order valence-corrected chi connectivity index (χ2v) is 6.10. The van der Waals surface area contributed by atoms with Crippen molar-refractivity contribution >= 4 is 28.8 Å². The zero-order valence-electron chi connectivity index (χ0n) is 16.1. The summed E-state index contributed by atoms with van der Waals surface area (Å²) in [5, 5.41) is 13.9. The number of imide groups is 1. The standard InChI is InChI=1S/C20H19N3O6/c1-4-22-19(24)17(12-5-7-13(8-6-12)23(26)27)18(20(22)25)21-15-10-9-14(28-2)11-16(15)29-3/h5-11,21H,4H2,1-3H3. The summed E-state index contributed by atoms with van der Waals surface area (Å²) in [6.07, 6.45) is 0. The number of carbonyl (C=O) groups is 2. The van der Waals surface area contributed by atoms with E-state index in [1.807, 2.05) is 0 Å². The predicted octanol–water partition coefficient (Wildman–Crippen LogP) is 2.82. The summed E-state index contributed by atoms with van der Waals surface area (Å²) in [6, 6.07) is 10.5. The van der Waals surface area contributed by atoms with E-state index in [0.29, 0.717) is 22.7 Å². The van der Waals surface area contributed by atoms with E-state index in [0.717, 1.165) is 4.90 Å². The number of amides is 2. The van der Waals surface area contributed by atoms with Crippen molar-refractivity contribution in [2.75, 3.05) is 26.1 Å². The minimum Gasteiger partial charge on any atom is -0.497 e. The fourth-order valence-corrected chi connectivity index (χ4v) is 3.03. The fraction of sp³-hybridized carbons (Fsp3) is 0.200. The van der Waals surface area contributed by atoms with Crippen LogP contribution in [0.1, 0.15) is 12.5 Å². The van der Waals surface area contributed by atoms with Crippen LogP contribution in [-0.4, -0.2) is 42.4 Å². The molecule has 1 N–H and O–H groups in total. The average molecular weight is 397 g/mol. The van der Waals surface area contributed by atoms with Crippen LogP contribution in [-0.2, 0) is 9.59 Å². The van der Waals surface area contributed by atoms with Crippen molar-refractivity contribution < 1.29 is 24.0 Å². The highest BCUT2D eigenvalue weighted by molar-refractivity contribution is 6.36. The number of nitro groups is 1. The number of carbonyl (C=O) groups excluding carboxylic acids is 2. The molecule has 1 aliphatic heterocycles. The Morgan fingerprint density at radius 1 is 1.03 bits per heavy atom. The molecule has 0 unspecified atom stereocenters. The number of anilines is 1. The molecule has 0 fully saturated rings. The number of non-ortho nitro benzene ring substituents is 1. The van der Waals surface area contributed by atoms with Crippen molar-refractivity contribution in [3.63, 3.8) is 0 Å². The molecule has 0 atom stereocenters. The van der Waals surface area contributed by atoms with Gasteiger partial charge < -0.3 is 14.8 Å². The Morgan fingerprint density at radius 2 is 1.72 bits per heavy atom. The number of nitrogens with one attached hydrogen (secondary N) is 1. The highest BCUT2D eigenvalue weighted by atomic mass is 16.6. The molecule has 0 bridgehead atoms. The summed E-state index contributed by atoms with van der Waals surface area (Å²) in [5.74, 6) is 0.0427. The van der Waals surface area contributed by atoms with Crippen molar-refractivity contribution in [2.45, 2.75) is 6.92 Å². The summed E-state index contributed by atoms with van der Waals surface area (Å²) in [6.45, 7) is 1.89. The molecule has 2 amide bonds. The van der Waals surface area contributed by atoms with Crippen molar-refractivity contribution in [1.29, 1.82) is 0 Å². The maximum absolute atomic E-state index is 12.8. The van der Waals surface area contributed by atoms with E-state index >= 15 is 0 Å². The largest absolute Gasteiger partial charge is 0.497 e. The van der Waals surface area contributed by atoms with E-state index in [4.69, 9.17) is 9.47 Å². The second-order valence-electron chi connectivity index (χ2n) is 6.10. The number of likely N-dealkylation sites (N-methyl/N-ethyl adjacent to an activating group) is 1. The second kappa shape index (κ2) is 8.01. The van der Waals surface area contributed by atoms with Crippen LogP contribution in [0, 0.1) is 10.1 Å². The highest BCUT2D eigenvalue weighted by Gasteiger charge is 2.38. The van der Waals surface area contributed by atoms with Gasteiger partial charge in [-0.25, -0.2) is 0 Å². The van der Waals surface area contributed by atoms with E-state index in [9.17, 15) is 19.7 Å².